The smallest absolute Gasteiger partial charge is 0.352 e. The van der Waals surface area contributed by atoms with Crippen molar-refractivity contribution in [3.8, 4) is 0 Å². The number of halogens is 1. The second kappa shape index (κ2) is 5.02. The number of aromatic amines is 1. The van der Waals surface area contributed by atoms with Crippen LogP contribution in [0.2, 0.25) is 0 Å². The Labute approximate surface area is 118 Å². The van der Waals surface area contributed by atoms with Gasteiger partial charge in [0.2, 0.25) is 0 Å². The quantitative estimate of drug-likeness (QED) is 0.760. The molecule has 3 nitrogen and oxygen atoms in total. The van der Waals surface area contributed by atoms with Gasteiger partial charge in [-0.15, -0.1) is 0 Å². The van der Waals surface area contributed by atoms with Gasteiger partial charge >= 0.3 is 5.97 Å². The molecular formula is C15H10FNO2S. The van der Waals surface area contributed by atoms with Crippen molar-refractivity contribution in [1.29, 1.82) is 0 Å². The molecule has 0 aliphatic heterocycles. The molecule has 0 bridgehead atoms. The zero-order chi connectivity index (χ0) is 14.1. The minimum Gasteiger partial charge on any atom is -0.477 e. The van der Waals surface area contributed by atoms with Gasteiger partial charge in [-0.1, -0.05) is 11.8 Å². The lowest BCUT2D eigenvalue weighted by Gasteiger charge is -2.01. The Morgan fingerprint density at radius 2 is 1.75 bits per heavy atom. The summed E-state index contributed by atoms with van der Waals surface area (Å²) in [5.41, 5.74) is 0.954. The molecular weight excluding hydrogens is 277 g/mol. The zero-order valence-corrected chi connectivity index (χ0v) is 11.1. The van der Waals surface area contributed by atoms with Gasteiger partial charge in [-0.25, -0.2) is 9.18 Å². The fraction of sp³-hybridized carbons (Fsp3) is 0. The highest BCUT2D eigenvalue weighted by Crippen LogP contribution is 2.30. The molecule has 0 saturated carbocycles. The van der Waals surface area contributed by atoms with E-state index < -0.39 is 5.97 Å². The fourth-order valence-corrected chi connectivity index (χ4v) is 2.79. The van der Waals surface area contributed by atoms with Gasteiger partial charge in [-0.05, 0) is 48.5 Å². The van der Waals surface area contributed by atoms with Crippen LogP contribution in [0, 0.1) is 5.82 Å². The van der Waals surface area contributed by atoms with Crippen LogP contribution in [-0.4, -0.2) is 16.1 Å². The van der Waals surface area contributed by atoms with Gasteiger partial charge in [0.1, 0.15) is 11.5 Å². The lowest BCUT2D eigenvalue weighted by atomic mass is 10.2. The molecule has 0 amide bonds. The third-order valence-corrected chi connectivity index (χ3v) is 3.87. The zero-order valence-electron chi connectivity index (χ0n) is 10.3. The summed E-state index contributed by atoms with van der Waals surface area (Å²) in [6.45, 7) is 0. The molecule has 0 radical (unpaired) electrons. The summed E-state index contributed by atoms with van der Waals surface area (Å²) in [6, 6.07) is 13.5. The second-order valence-electron chi connectivity index (χ2n) is 4.29. The van der Waals surface area contributed by atoms with Crippen LogP contribution < -0.4 is 0 Å². The van der Waals surface area contributed by atoms with Crippen LogP contribution in [0.4, 0.5) is 4.39 Å². The van der Waals surface area contributed by atoms with E-state index in [1.54, 1.807) is 18.2 Å². The summed E-state index contributed by atoms with van der Waals surface area (Å²) in [6.07, 6.45) is 0. The number of H-pyrrole nitrogens is 1. The number of aromatic nitrogens is 1. The molecule has 1 heterocycles. The van der Waals surface area contributed by atoms with Gasteiger partial charge in [0, 0.05) is 20.7 Å². The van der Waals surface area contributed by atoms with Gasteiger partial charge in [0.25, 0.3) is 0 Å². The first-order valence-corrected chi connectivity index (χ1v) is 6.73. The number of benzene rings is 2. The number of carboxylic acids is 1. The maximum atomic E-state index is 12.8. The Hall–Kier alpha value is -2.27. The third kappa shape index (κ3) is 2.53. The molecule has 0 atom stereocenters. The average molecular weight is 287 g/mol. The summed E-state index contributed by atoms with van der Waals surface area (Å²) in [7, 11) is 0. The highest BCUT2D eigenvalue weighted by atomic mass is 32.2. The highest BCUT2D eigenvalue weighted by molar-refractivity contribution is 7.99. The molecule has 0 saturated heterocycles. The van der Waals surface area contributed by atoms with Gasteiger partial charge in [-0.3, -0.25) is 0 Å². The molecule has 20 heavy (non-hydrogen) atoms. The van der Waals surface area contributed by atoms with Crippen molar-refractivity contribution in [3.63, 3.8) is 0 Å². The Balaban J connectivity index is 1.92. The topological polar surface area (TPSA) is 53.1 Å². The SMILES string of the molecule is O=C(O)c1cc2cc(Sc3ccc(F)cc3)ccc2[nH]1. The number of aromatic carboxylic acids is 1. The van der Waals surface area contributed by atoms with E-state index >= 15 is 0 Å². The Kier molecular flexibility index (Phi) is 3.20. The van der Waals surface area contributed by atoms with Crippen LogP contribution in [0.1, 0.15) is 10.5 Å². The first-order chi connectivity index (χ1) is 9.61. The van der Waals surface area contributed by atoms with E-state index in [9.17, 15) is 9.18 Å². The van der Waals surface area contributed by atoms with Gasteiger partial charge in [-0.2, -0.15) is 0 Å². The summed E-state index contributed by atoms with van der Waals surface area (Å²) < 4.78 is 12.8. The predicted molar refractivity (Wildman–Crippen MR) is 75.8 cm³/mol. The molecule has 3 rings (SSSR count). The number of nitrogens with one attached hydrogen (secondary N) is 1. The summed E-state index contributed by atoms with van der Waals surface area (Å²) in [5.74, 6) is -1.24. The second-order valence-corrected chi connectivity index (χ2v) is 5.44. The van der Waals surface area contributed by atoms with Crippen molar-refractivity contribution in [2.24, 2.45) is 0 Å². The largest absolute Gasteiger partial charge is 0.477 e. The van der Waals surface area contributed by atoms with E-state index in [4.69, 9.17) is 5.11 Å². The molecule has 3 aromatic rings. The summed E-state index contributed by atoms with van der Waals surface area (Å²) in [5, 5.41) is 9.79. The molecule has 5 heteroatoms. The van der Waals surface area contributed by atoms with Crippen LogP contribution >= 0.6 is 11.8 Å². The third-order valence-electron chi connectivity index (χ3n) is 2.87. The van der Waals surface area contributed by atoms with Crippen molar-refractivity contribution >= 4 is 28.6 Å². The number of hydrogen-bond acceptors (Lipinski definition) is 2. The number of carboxylic acid groups (broad SMARTS) is 1. The van der Waals surface area contributed by atoms with Crippen LogP contribution in [0.3, 0.4) is 0 Å². The van der Waals surface area contributed by atoms with Crippen LogP contribution in [0.25, 0.3) is 10.9 Å². The van der Waals surface area contributed by atoms with Gasteiger partial charge in [0.15, 0.2) is 0 Å². The van der Waals surface area contributed by atoms with Crippen molar-refractivity contribution < 1.29 is 14.3 Å². The molecule has 0 fully saturated rings. The van der Waals surface area contributed by atoms with E-state index in [-0.39, 0.29) is 11.5 Å². The minimum absolute atomic E-state index is 0.170. The van der Waals surface area contributed by atoms with E-state index in [1.165, 1.54) is 23.9 Å². The minimum atomic E-state index is -0.978. The molecule has 2 N–H and O–H groups in total. The molecule has 0 aliphatic rings. The number of carbonyl (C=O) groups is 1. The molecule has 100 valence electrons. The van der Waals surface area contributed by atoms with Crippen LogP contribution in [0.15, 0.2) is 58.3 Å². The van der Waals surface area contributed by atoms with Gasteiger partial charge in [0.05, 0.1) is 0 Å². The Morgan fingerprint density at radius 1 is 1.05 bits per heavy atom. The lowest BCUT2D eigenvalue weighted by molar-refractivity contribution is 0.0691. The molecule has 0 unspecified atom stereocenters. The normalized spacial score (nSPS) is 10.8. The molecule has 0 spiro atoms. The Bertz CT molecular complexity index is 780. The predicted octanol–water partition coefficient (Wildman–Crippen LogP) is 4.16. The first-order valence-electron chi connectivity index (χ1n) is 5.91. The molecule has 2 aromatic carbocycles. The first kappa shape index (κ1) is 12.7. The molecule has 1 aromatic heterocycles. The van der Waals surface area contributed by atoms with Crippen LogP contribution in [0.5, 0.6) is 0 Å². The summed E-state index contributed by atoms with van der Waals surface area (Å²) in [4.78, 5) is 15.6. The maximum Gasteiger partial charge on any atom is 0.352 e. The number of hydrogen-bond donors (Lipinski definition) is 2. The van der Waals surface area contributed by atoms with Crippen molar-refractivity contribution in [2.45, 2.75) is 9.79 Å². The number of rotatable bonds is 3. The summed E-state index contributed by atoms with van der Waals surface area (Å²) >= 11 is 1.50. The van der Waals surface area contributed by atoms with Gasteiger partial charge < -0.3 is 10.1 Å². The number of fused-ring (bicyclic) bond motifs is 1. The lowest BCUT2D eigenvalue weighted by Crippen LogP contribution is -1.94. The monoisotopic (exact) mass is 287 g/mol. The standard InChI is InChI=1S/C15H10FNO2S/c16-10-1-3-11(4-2-10)20-12-5-6-13-9(7-12)8-14(17-13)15(18)19/h1-8,17H,(H,18,19). The average Bonchev–Trinajstić information content (AvgIpc) is 2.85. The molecule has 0 aliphatic carbocycles. The highest BCUT2D eigenvalue weighted by Gasteiger charge is 2.08. The van der Waals surface area contributed by atoms with Crippen molar-refractivity contribution in [1.82, 2.24) is 4.98 Å². The maximum absolute atomic E-state index is 12.8. The fourth-order valence-electron chi connectivity index (χ4n) is 1.93. The van der Waals surface area contributed by atoms with Crippen molar-refractivity contribution in [2.75, 3.05) is 0 Å². The van der Waals surface area contributed by atoms with E-state index in [2.05, 4.69) is 4.98 Å². The van der Waals surface area contributed by atoms with E-state index in [0.717, 1.165) is 20.7 Å². The van der Waals surface area contributed by atoms with E-state index in [1.807, 2.05) is 18.2 Å². The van der Waals surface area contributed by atoms with Crippen LogP contribution in [-0.2, 0) is 0 Å². The van der Waals surface area contributed by atoms with Crippen molar-refractivity contribution in [3.05, 3.63) is 60.0 Å². The van der Waals surface area contributed by atoms with E-state index in [0.29, 0.717) is 0 Å². The Morgan fingerprint density at radius 3 is 2.45 bits per heavy atom.